The van der Waals surface area contributed by atoms with Crippen LogP contribution in [0, 0.1) is 0 Å². The van der Waals surface area contributed by atoms with E-state index >= 15 is 9.59 Å². The molecule has 8 aliphatic heterocycles. The monoisotopic (exact) mass is 2030 g/mol. The number of hydrogen-bond donors (Lipinski definition) is 2. The van der Waals surface area contributed by atoms with Crippen LogP contribution in [-0.4, -0.2) is 229 Å². The van der Waals surface area contributed by atoms with Gasteiger partial charge in [-0.15, -0.1) is 0 Å². The molecule has 0 bridgehead atoms. The first kappa shape index (κ1) is 103. The predicted octanol–water partition coefficient (Wildman–Crippen LogP) is 17.4. The van der Waals surface area contributed by atoms with E-state index in [0.717, 1.165) is 28.3 Å². The molecule has 28 atom stereocenters. The number of esters is 1. The highest BCUT2D eigenvalue weighted by molar-refractivity contribution is 6.76. The van der Waals surface area contributed by atoms with Gasteiger partial charge in [-0.25, -0.2) is 9.59 Å². The van der Waals surface area contributed by atoms with E-state index in [-0.39, 0.29) is 78.2 Å². The van der Waals surface area contributed by atoms with Crippen molar-refractivity contribution in [3.8, 4) is 0 Å². The summed E-state index contributed by atoms with van der Waals surface area (Å²) < 4.78 is 169. The first-order valence-corrected chi connectivity index (χ1v) is 53.0. The van der Waals surface area contributed by atoms with Gasteiger partial charge in [0, 0.05) is 36.3 Å². The van der Waals surface area contributed by atoms with Crippen LogP contribution in [-0.2, 0) is 153 Å². The summed E-state index contributed by atoms with van der Waals surface area (Å²) in [5.74, 6) is -0.810. The van der Waals surface area contributed by atoms with Gasteiger partial charge in [0.05, 0.1) is 84.3 Å². The number of rotatable bonds is 40. The lowest BCUT2D eigenvalue weighted by molar-refractivity contribution is -0.419. The third kappa shape index (κ3) is 27.6. The van der Waals surface area contributed by atoms with Crippen molar-refractivity contribution in [1.82, 2.24) is 5.32 Å². The Labute approximate surface area is 845 Å². The predicted molar refractivity (Wildman–Crippen MR) is 522 cm³/mol. The number of benzene rings is 10. The van der Waals surface area contributed by atoms with Crippen molar-refractivity contribution >= 4 is 54.9 Å². The number of aliphatic hydroxyl groups excluding tert-OH is 1. The van der Waals surface area contributed by atoms with Crippen molar-refractivity contribution in [3.05, 3.63) is 369 Å². The molecule has 35 heteroatoms. The maximum atomic E-state index is 15.9. The van der Waals surface area contributed by atoms with Gasteiger partial charge in [0.25, 0.3) is 0 Å². The Balaban J connectivity index is 0.776. The van der Waals surface area contributed by atoms with Gasteiger partial charge in [0.15, 0.2) is 56.4 Å². The first-order chi connectivity index (χ1) is 69.8. The standard InChI is InChI=1S/C108H117Cl3N4O27Si/c1-143(2,3)55-54-121-104-95(124-60-72-42-22-8-23-43-72)92(122-58-70-38-18-6-19-39-70)88(78(132-104)62-119-56-68-34-14-4-15-35-68)140-106-97(135-98(117)74-46-26-10-27-47-74)93(123-59-71-40-20-7-21-41-71)89(79(133-106)63-120-57-69-36-16-5-17-37-69)139-105-96(125-61-73-44-24-9-25-45-73)94(90-82(134-105)66-128-101(138-90)77-52-32-13-33-53-77)142-103-84(113-107(118)129-67-108(109,110)111)91(87-81(131-103)65-127-100(137-87)76-50-30-12-31-51-76)141-102-83(114-115-112)85(116)86-80(130-102)64-126-99(136-86)75-48-28-11-29-49-75/h4-53,78-97,99-106,116H,54-67H2,1-3H3,(H,113,118)/t78-,79-,80-,81-,82-,83-,84-,85-,86+,87+,88-,89+,90+,91-,92+,93+,94+,95-,96-,97-,99+,100+,101+,102-,103+,104-,105-,106+/m1/s1. The number of amides is 1. The lowest BCUT2D eigenvalue weighted by atomic mass is 9.92. The maximum Gasteiger partial charge on any atom is 0.407 e. The Kier molecular flexibility index (Phi) is 36.3. The Bertz CT molecular complexity index is 5600. The summed E-state index contributed by atoms with van der Waals surface area (Å²) in [6.45, 7) is 5.35. The SMILES string of the molecule is C[Si](C)(C)CCO[C@@H]1O[C@H](COCc2ccccc2)[C@@H](O[C@@H]2O[C@H](COCc3ccccc3)[C@H](O[C@H]3O[C@@H]4CO[C@H](c5ccccc5)O[C@@H]4[C@H](O[C@@H]4O[C@@H]5CO[C@H](c6ccccc6)O[C@@H]5[C@H](O[C@H]5O[C@@H]6CO[C@H](c7ccccc7)O[C@@H]6[C@H](O)[C@H]5N=[N+]=[N-])[C@H]4NC(=O)OCC(Cl)(Cl)Cl)[C@H]3OCc3ccccc3)[C@H](OCc3ccccc3)[C@H]2OC(=O)c2ccccc2)[C@H](OCc2ccccc2)[C@H]1OCc1ccccc1. The molecule has 31 nitrogen and oxygen atoms in total. The third-order valence-corrected chi connectivity index (χ3v) is 27.7. The van der Waals surface area contributed by atoms with Gasteiger partial charge in [-0.2, -0.15) is 0 Å². The summed E-state index contributed by atoms with van der Waals surface area (Å²) in [6.07, 6.45) is -36.4. The zero-order chi connectivity index (χ0) is 98.4. The van der Waals surface area contributed by atoms with Crippen LogP contribution in [0.4, 0.5) is 4.79 Å². The van der Waals surface area contributed by atoms with Gasteiger partial charge in [0.2, 0.25) is 3.79 Å². The quantitative estimate of drug-likeness (QED) is 0.00899. The second-order valence-electron chi connectivity index (χ2n) is 37.2. The molecular formula is C108H117Cl3N4O27Si. The second kappa shape index (κ2) is 50.2. The van der Waals surface area contributed by atoms with Crippen molar-refractivity contribution in [3.63, 3.8) is 0 Å². The molecule has 143 heavy (non-hydrogen) atoms. The number of fused-ring (bicyclic) bond motifs is 3. The second-order valence-corrected chi connectivity index (χ2v) is 45.3. The smallest absolute Gasteiger partial charge is 0.407 e. The Morgan fingerprint density at radius 1 is 0.399 bits per heavy atom. The molecule has 756 valence electrons. The largest absolute Gasteiger partial charge is 0.450 e. The molecule has 0 unspecified atom stereocenters. The molecule has 1 amide bonds. The van der Waals surface area contributed by atoms with E-state index < -0.39 is 203 Å². The first-order valence-electron chi connectivity index (χ1n) is 48.1. The van der Waals surface area contributed by atoms with Crippen LogP contribution in [0.5, 0.6) is 0 Å². The molecule has 8 fully saturated rings. The number of nitrogens with zero attached hydrogens (tertiary/aromatic N) is 3. The van der Waals surface area contributed by atoms with E-state index in [4.69, 9.17) is 148 Å². The molecule has 2 N–H and O–H groups in total. The van der Waals surface area contributed by atoms with E-state index in [1.807, 2.05) is 273 Å². The van der Waals surface area contributed by atoms with Crippen LogP contribution < -0.4 is 5.32 Å². The molecule has 10 aromatic rings. The number of aliphatic hydroxyl groups is 1. The zero-order valence-electron chi connectivity index (χ0n) is 79.0. The average Bonchev–Trinajstić information content (AvgIpc) is 0.762. The minimum Gasteiger partial charge on any atom is -0.450 e. The maximum absolute atomic E-state index is 15.9. The summed E-state index contributed by atoms with van der Waals surface area (Å²) >= 11 is 19.1. The van der Waals surface area contributed by atoms with Crippen LogP contribution >= 0.6 is 34.8 Å². The number of alkyl carbamates (subject to hydrolysis) is 1. The highest BCUT2D eigenvalue weighted by atomic mass is 35.6. The van der Waals surface area contributed by atoms with Gasteiger partial charge in [0.1, 0.15) is 116 Å². The lowest BCUT2D eigenvalue weighted by Gasteiger charge is -2.54. The number of azide groups is 1. The Hall–Kier alpha value is -9.58. The van der Waals surface area contributed by atoms with Crippen molar-refractivity contribution in [2.75, 3.05) is 46.2 Å². The minimum absolute atomic E-state index is 0.0374. The summed E-state index contributed by atoms with van der Waals surface area (Å²) in [7, 11) is -1.77. The molecule has 0 saturated carbocycles. The Morgan fingerprint density at radius 2 is 0.748 bits per heavy atom. The molecule has 18 rings (SSSR count). The number of halogens is 3. The number of ether oxygens (including phenoxy) is 24. The number of nitrogens with one attached hydrogen (secondary N) is 1. The molecule has 10 aromatic carbocycles. The van der Waals surface area contributed by atoms with E-state index in [9.17, 15) is 10.6 Å². The molecule has 0 aromatic heterocycles. The average molecular weight is 2040 g/mol. The van der Waals surface area contributed by atoms with Gasteiger partial charge in [-0.05, 0) is 57.1 Å². The topological polar surface area (TPSA) is 337 Å². The highest BCUT2D eigenvalue weighted by Gasteiger charge is 2.63. The molecule has 0 radical (unpaired) electrons. The third-order valence-electron chi connectivity index (χ3n) is 25.7. The number of hydrogen-bond acceptors (Lipinski definition) is 28. The highest BCUT2D eigenvalue weighted by Crippen LogP contribution is 2.47. The molecule has 0 spiro atoms. The molecule has 8 saturated heterocycles. The summed E-state index contributed by atoms with van der Waals surface area (Å²) in [4.78, 5) is 34.3. The van der Waals surface area contributed by atoms with Crippen molar-refractivity contribution in [2.24, 2.45) is 5.11 Å². The zero-order valence-corrected chi connectivity index (χ0v) is 82.2. The van der Waals surface area contributed by atoms with Gasteiger partial charge in [-0.1, -0.05) is 351 Å². The fraction of sp³-hybridized carbons (Fsp3) is 0.426. The van der Waals surface area contributed by atoms with E-state index in [0.29, 0.717) is 34.4 Å². The van der Waals surface area contributed by atoms with Crippen molar-refractivity contribution in [1.29, 1.82) is 0 Å². The number of carbonyl (C=O) groups excluding carboxylic acids is 2. The molecule has 8 aliphatic rings. The van der Waals surface area contributed by atoms with E-state index in [2.05, 4.69) is 35.0 Å². The molecule has 8 heterocycles. The molecular weight excluding hydrogens is 1920 g/mol. The lowest BCUT2D eigenvalue weighted by Crippen LogP contribution is -2.72. The van der Waals surface area contributed by atoms with Crippen molar-refractivity contribution < 1.29 is 128 Å². The summed E-state index contributed by atoms with van der Waals surface area (Å²) in [5.41, 5.74) is 17.3. The van der Waals surface area contributed by atoms with Gasteiger partial charge >= 0.3 is 12.1 Å². The van der Waals surface area contributed by atoms with Crippen LogP contribution in [0.2, 0.25) is 25.7 Å². The van der Waals surface area contributed by atoms with Crippen LogP contribution in [0.15, 0.2) is 308 Å². The minimum atomic E-state index is -2.15. The van der Waals surface area contributed by atoms with E-state index in [1.54, 1.807) is 30.3 Å². The fourth-order valence-corrected chi connectivity index (χ4v) is 19.4. The molecule has 0 aliphatic carbocycles. The van der Waals surface area contributed by atoms with Crippen molar-refractivity contribution in [2.45, 2.75) is 241 Å². The van der Waals surface area contributed by atoms with E-state index in [1.165, 1.54) is 0 Å². The van der Waals surface area contributed by atoms with Crippen LogP contribution in [0.3, 0.4) is 0 Å². The van der Waals surface area contributed by atoms with Crippen LogP contribution in [0.1, 0.15) is 79.3 Å². The normalized spacial score (nSPS) is 30.8. The number of alkyl halides is 3. The fourth-order valence-electron chi connectivity index (χ4n) is 18.5. The summed E-state index contributed by atoms with van der Waals surface area (Å²) in [5, 5.41) is 19.8. The van der Waals surface area contributed by atoms with Crippen LogP contribution in [0.25, 0.3) is 10.4 Å². The van der Waals surface area contributed by atoms with Gasteiger partial charge in [-0.3, -0.25) is 0 Å². The summed E-state index contributed by atoms with van der Waals surface area (Å²) in [6, 6.07) is 91.0. The Morgan fingerprint density at radius 3 is 1.18 bits per heavy atom. The van der Waals surface area contributed by atoms with Gasteiger partial charge < -0.3 is 124 Å². The number of carbonyl (C=O) groups is 2.